The summed E-state index contributed by atoms with van der Waals surface area (Å²) in [6.07, 6.45) is 18.7. The summed E-state index contributed by atoms with van der Waals surface area (Å²) >= 11 is 0. The maximum Gasteiger partial charge on any atom is 0.187 e. The van der Waals surface area contributed by atoms with E-state index in [1.165, 1.54) is 64.2 Å². The van der Waals surface area contributed by atoms with E-state index in [0.717, 1.165) is 0 Å². The third-order valence-electron chi connectivity index (χ3n) is 6.10. The second-order valence-electron chi connectivity index (χ2n) is 8.46. The standard InChI is InChI=1S/C20H38OSi2/c1-20(23(4,5)21-22(2)3,18-14-10-6-7-11-15-18)19-16-12-8-9-13-17-19/h14,16,22H,6-13,15,17H2,1-5H3. The molecule has 0 amide bonds. The molecule has 132 valence electrons. The zero-order valence-corrected chi connectivity index (χ0v) is 18.4. The van der Waals surface area contributed by atoms with E-state index in [4.69, 9.17) is 4.12 Å². The summed E-state index contributed by atoms with van der Waals surface area (Å²) in [7, 11) is -2.83. The molecule has 23 heavy (non-hydrogen) atoms. The minimum Gasteiger partial charge on any atom is -0.457 e. The molecule has 0 atom stereocenters. The minimum atomic E-state index is -1.81. The Hall–Kier alpha value is -0.126. The van der Waals surface area contributed by atoms with Crippen LogP contribution in [0.25, 0.3) is 0 Å². The maximum absolute atomic E-state index is 6.79. The van der Waals surface area contributed by atoms with Crippen LogP contribution in [0.4, 0.5) is 0 Å². The van der Waals surface area contributed by atoms with Gasteiger partial charge in [-0.2, -0.15) is 0 Å². The van der Waals surface area contributed by atoms with Crippen LogP contribution in [0, 0.1) is 0 Å². The minimum absolute atomic E-state index is 0.221. The zero-order chi connectivity index (χ0) is 16.9. The van der Waals surface area contributed by atoms with E-state index in [-0.39, 0.29) is 5.04 Å². The van der Waals surface area contributed by atoms with E-state index < -0.39 is 17.4 Å². The van der Waals surface area contributed by atoms with Crippen molar-refractivity contribution in [3.05, 3.63) is 23.3 Å². The molecule has 0 fully saturated rings. The Morgan fingerprint density at radius 2 is 1.35 bits per heavy atom. The van der Waals surface area contributed by atoms with Crippen LogP contribution in [0.5, 0.6) is 0 Å². The summed E-state index contributed by atoms with van der Waals surface area (Å²) in [5.74, 6) is 0. The summed E-state index contributed by atoms with van der Waals surface area (Å²) in [5.41, 5.74) is 3.46. The predicted molar refractivity (Wildman–Crippen MR) is 108 cm³/mol. The lowest BCUT2D eigenvalue weighted by Gasteiger charge is -2.47. The first-order valence-corrected chi connectivity index (χ1v) is 15.6. The molecule has 0 saturated carbocycles. The summed E-state index contributed by atoms with van der Waals surface area (Å²) < 4.78 is 6.79. The molecule has 0 aliphatic heterocycles. The van der Waals surface area contributed by atoms with Crippen molar-refractivity contribution in [3.8, 4) is 0 Å². The van der Waals surface area contributed by atoms with Gasteiger partial charge in [-0.1, -0.05) is 43.1 Å². The van der Waals surface area contributed by atoms with Gasteiger partial charge in [0.25, 0.3) is 0 Å². The number of rotatable bonds is 5. The van der Waals surface area contributed by atoms with Gasteiger partial charge in [-0.3, -0.25) is 0 Å². The molecule has 0 bridgehead atoms. The van der Waals surface area contributed by atoms with Crippen molar-refractivity contribution in [2.75, 3.05) is 0 Å². The van der Waals surface area contributed by atoms with Gasteiger partial charge in [0.1, 0.15) is 0 Å². The van der Waals surface area contributed by atoms with Crippen LogP contribution < -0.4 is 0 Å². The Morgan fingerprint density at radius 3 is 1.78 bits per heavy atom. The van der Waals surface area contributed by atoms with Crippen LogP contribution in [0.1, 0.15) is 71.1 Å². The fourth-order valence-electron chi connectivity index (χ4n) is 4.62. The van der Waals surface area contributed by atoms with Gasteiger partial charge in [0, 0.05) is 5.04 Å². The lowest BCUT2D eigenvalue weighted by atomic mass is 9.86. The lowest BCUT2D eigenvalue weighted by Crippen LogP contribution is -2.48. The van der Waals surface area contributed by atoms with Gasteiger partial charge in [0.15, 0.2) is 17.4 Å². The van der Waals surface area contributed by atoms with E-state index in [2.05, 4.69) is 45.3 Å². The molecule has 0 aromatic rings. The van der Waals surface area contributed by atoms with Gasteiger partial charge in [-0.05, 0) is 77.6 Å². The molecule has 0 aromatic carbocycles. The fourth-order valence-corrected chi connectivity index (χ4v) is 12.3. The summed E-state index contributed by atoms with van der Waals surface area (Å²) in [6.45, 7) is 12.2. The van der Waals surface area contributed by atoms with E-state index in [0.29, 0.717) is 0 Å². The van der Waals surface area contributed by atoms with Gasteiger partial charge < -0.3 is 4.12 Å². The van der Waals surface area contributed by atoms with Crippen LogP contribution in [0.2, 0.25) is 31.2 Å². The van der Waals surface area contributed by atoms with Crippen molar-refractivity contribution in [2.45, 2.75) is 102 Å². The second kappa shape index (κ2) is 8.31. The van der Waals surface area contributed by atoms with Gasteiger partial charge >= 0.3 is 0 Å². The van der Waals surface area contributed by atoms with Crippen molar-refractivity contribution >= 4 is 17.4 Å². The van der Waals surface area contributed by atoms with Crippen molar-refractivity contribution in [2.24, 2.45) is 0 Å². The quantitative estimate of drug-likeness (QED) is 0.394. The average Bonchev–Trinajstić information content (AvgIpc) is 2.90. The normalized spacial score (nSPS) is 21.5. The number of hydrogen-bond acceptors (Lipinski definition) is 1. The third kappa shape index (κ3) is 4.49. The highest BCUT2D eigenvalue weighted by molar-refractivity contribution is 6.81. The van der Waals surface area contributed by atoms with E-state index in [9.17, 15) is 0 Å². The van der Waals surface area contributed by atoms with Gasteiger partial charge in [-0.25, -0.2) is 0 Å². The first-order chi connectivity index (χ1) is 10.9. The van der Waals surface area contributed by atoms with Crippen LogP contribution in [-0.4, -0.2) is 17.4 Å². The largest absolute Gasteiger partial charge is 0.457 e. The maximum atomic E-state index is 6.79. The molecule has 0 saturated heterocycles. The van der Waals surface area contributed by atoms with Gasteiger partial charge in [0.2, 0.25) is 0 Å². The molecular formula is C20H38OSi2. The van der Waals surface area contributed by atoms with Crippen molar-refractivity contribution in [3.63, 3.8) is 0 Å². The highest BCUT2D eigenvalue weighted by Gasteiger charge is 2.49. The third-order valence-corrected chi connectivity index (χ3v) is 13.4. The molecule has 0 spiro atoms. The molecule has 0 heterocycles. The second-order valence-corrected chi connectivity index (χ2v) is 15.5. The van der Waals surface area contributed by atoms with Gasteiger partial charge in [-0.15, -0.1) is 0 Å². The van der Waals surface area contributed by atoms with E-state index in [1.54, 1.807) is 11.1 Å². The predicted octanol–water partition coefficient (Wildman–Crippen LogP) is 6.73. The smallest absolute Gasteiger partial charge is 0.187 e. The summed E-state index contributed by atoms with van der Waals surface area (Å²) in [5, 5.41) is 0.221. The van der Waals surface area contributed by atoms with E-state index >= 15 is 0 Å². The number of allylic oxidation sites excluding steroid dienone is 4. The molecule has 0 unspecified atom stereocenters. The Balaban J connectivity index is 2.44. The first kappa shape index (κ1) is 19.2. The Morgan fingerprint density at radius 1 is 0.870 bits per heavy atom. The molecule has 3 heteroatoms. The Kier molecular flexibility index (Phi) is 6.93. The molecule has 1 nitrogen and oxygen atoms in total. The average molecular weight is 351 g/mol. The Labute approximate surface area is 147 Å². The molecule has 2 aliphatic rings. The lowest BCUT2D eigenvalue weighted by molar-refractivity contribution is 0.510. The summed E-state index contributed by atoms with van der Waals surface area (Å²) in [6, 6.07) is 0. The fraction of sp³-hybridized carbons (Fsp3) is 0.800. The summed E-state index contributed by atoms with van der Waals surface area (Å²) in [4.78, 5) is 0. The molecule has 2 rings (SSSR count). The van der Waals surface area contributed by atoms with Crippen molar-refractivity contribution < 1.29 is 4.12 Å². The number of hydrogen-bond donors (Lipinski definition) is 0. The zero-order valence-electron chi connectivity index (χ0n) is 16.2. The first-order valence-electron chi connectivity index (χ1n) is 9.95. The monoisotopic (exact) mass is 350 g/mol. The van der Waals surface area contributed by atoms with Crippen LogP contribution in [-0.2, 0) is 4.12 Å². The van der Waals surface area contributed by atoms with Crippen LogP contribution in [0.15, 0.2) is 23.3 Å². The van der Waals surface area contributed by atoms with Crippen molar-refractivity contribution in [1.29, 1.82) is 0 Å². The molecule has 0 radical (unpaired) electrons. The highest BCUT2D eigenvalue weighted by Crippen LogP contribution is 2.55. The molecule has 0 N–H and O–H groups in total. The topological polar surface area (TPSA) is 9.23 Å². The Bertz CT molecular complexity index is 421. The van der Waals surface area contributed by atoms with Crippen LogP contribution in [0.3, 0.4) is 0 Å². The van der Waals surface area contributed by atoms with E-state index in [1.807, 2.05) is 0 Å². The van der Waals surface area contributed by atoms with Gasteiger partial charge in [0.05, 0.1) is 0 Å². The van der Waals surface area contributed by atoms with Crippen LogP contribution >= 0.6 is 0 Å². The molecule has 2 aliphatic carbocycles. The SMILES string of the molecule is C[SiH](C)O[Si](C)(C)C(C)(C1=CCCCCC1)C1=CCCCCC1. The molecular weight excluding hydrogens is 312 g/mol. The highest BCUT2D eigenvalue weighted by atomic mass is 28.4. The molecule has 0 aromatic heterocycles. The van der Waals surface area contributed by atoms with Crippen molar-refractivity contribution in [1.82, 2.24) is 0 Å².